The first-order valence-electron chi connectivity index (χ1n) is 5.82. The Morgan fingerprint density at radius 1 is 1.53 bits per heavy atom. The van der Waals surface area contributed by atoms with Crippen molar-refractivity contribution in [1.29, 1.82) is 0 Å². The Labute approximate surface area is 110 Å². The van der Waals surface area contributed by atoms with Crippen LogP contribution in [-0.2, 0) is 16.0 Å². The fraction of sp³-hybridized carbons (Fsp3) is 0.583. The molecule has 0 aliphatic heterocycles. The number of carboxylic acid groups (broad SMARTS) is 1. The molecule has 0 radical (unpaired) electrons. The van der Waals surface area contributed by atoms with E-state index in [-0.39, 0.29) is 6.42 Å². The van der Waals surface area contributed by atoms with Crippen LogP contribution in [0.1, 0.15) is 32.2 Å². The third-order valence-electron chi connectivity index (χ3n) is 2.08. The van der Waals surface area contributed by atoms with Crippen LogP contribution in [0.2, 0.25) is 0 Å². The highest BCUT2D eigenvalue weighted by atomic mass is 16.6. The van der Waals surface area contributed by atoms with Gasteiger partial charge in [-0.3, -0.25) is 0 Å². The zero-order valence-electron chi connectivity index (χ0n) is 11.4. The Bertz CT molecular complexity index is 461. The second-order valence-corrected chi connectivity index (χ2v) is 5.17. The van der Waals surface area contributed by atoms with E-state index in [0.717, 1.165) is 0 Å². The minimum atomic E-state index is -1.16. The molecule has 1 amide bonds. The molecule has 0 saturated heterocycles. The fourth-order valence-corrected chi connectivity index (χ4v) is 1.37. The van der Waals surface area contributed by atoms with Crippen molar-refractivity contribution in [1.82, 2.24) is 10.5 Å². The third-order valence-corrected chi connectivity index (χ3v) is 2.08. The number of aryl methyl sites for hydroxylation is 1. The summed E-state index contributed by atoms with van der Waals surface area (Å²) in [5.41, 5.74) is -0.224. The van der Waals surface area contributed by atoms with Gasteiger partial charge in [-0.25, -0.2) is 9.59 Å². The molecule has 7 nitrogen and oxygen atoms in total. The second kappa shape index (κ2) is 5.73. The first-order valence-corrected chi connectivity index (χ1v) is 5.82. The molecule has 1 aromatic heterocycles. The summed E-state index contributed by atoms with van der Waals surface area (Å²) in [6, 6.07) is 0.506. The number of carbonyl (C=O) groups excluding carboxylic acids is 1. The number of ether oxygens (including phenoxy) is 1. The molecule has 0 aliphatic carbocycles. The van der Waals surface area contributed by atoms with Gasteiger partial charge in [-0.15, -0.1) is 0 Å². The quantitative estimate of drug-likeness (QED) is 0.859. The number of hydrogen-bond donors (Lipinski definition) is 2. The molecule has 106 valence electrons. The number of amides is 1. The summed E-state index contributed by atoms with van der Waals surface area (Å²) in [5.74, 6) is -0.581. The van der Waals surface area contributed by atoms with E-state index in [9.17, 15) is 9.59 Å². The lowest BCUT2D eigenvalue weighted by atomic mass is 10.1. The number of alkyl carbamates (subject to hydrolysis) is 1. The highest BCUT2D eigenvalue weighted by molar-refractivity contribution is 5.80. The van der Waals surface area contributed by atoms with Crippen LogP contribution in [0.4, 0.5) is 4.79 Å². The SMILES string of the molecule is Cc1cc(CC(NC(=O)OC(C)(C)C)C(=O)O)no1. The van der Waals surface area contributed by atoms with E-state index in [2.05, 4.69) is 10.5 Å². The second-order valence-electron chi connectivity index (χ2n) is 5.17. The molecule has 19 heavy (non-hydrogen) atoms. The van der Waals surface area contributed by atoms with E-state index in [1.807, 2.05) is 0 Å². The van der Waals surface area contributed by atoms with Crippen molar-refractivity contribution in [3.05, 3.63) is 17.5 Å². The van der Waals surface area contributed by atoms with Crippen LogP contribution in [0.25, 0.3) is 0 Å². The summed E-state index contributed by atoms with van der Waals surface area (Å²) in [6.45, 7) is 6.80. The van der Waals surface area contributed by atoms with Crippen LogP contribution in [0.15, 0.2) is 10.6 Å². The molecule has 0 saturated carbocycles. The van der Waals surface area contributed by atoms with Crippen LogP contribution in [0.5, 0.6) is 0 Å². The van der Waals surface area contributed by atoms with Gasteiger partial charge in [0.1, 0.15) is 17.4 Å². The predicted molar refractivity (Wildman–Crippen MR) is 65.7 cm³/mol. The van der Waals surface area contributed by atoms with Crippen molar-refractivity contribution < 1.29 is 24.0 Å². The van der Waals surface area contributed by atoms with Gasteiger partial charge >= 0.3 is 12.1 Å². The molecule has 1 atom stereocenters. The van der Waals surface area contributed by atoms with Crippen molar-refractivity contribution in [2.45, 2.75) is 45.8 Å². The molecule has 0 spiro atoms. The molecular weight excluding hydrogens is 252 g/mol. The van der Waals surface area contributed by atoms with Gasteiger partial charge < -0.3 is 19.7 Å². The van der Waals surface area contributed by atoms with Crippen molar-refractivity contribution >= 4 is 12.1 Å². The highest BCUT2D eigenvalue weighted by Crippen LogP contribution is 2.09. The van der Waals surface area contributed by atoms with Gasteiger partial charge in [-0.2, -0.15) is 0 Å². The molecule has 0 aliphatic rings. The first kappa shape index (κ1) is 15.0. The maximum Gasteiger partial charge on any atom is 0.408 e. The molecular formula is C12H18N2O5. The van der Waals surface area contributed by atoms with Crippen LogP contribution in [0, 0.1) is 6.92 Å². The Morgan fingerprint density at radius 2 is 2.16 bits per heavy atom. The molecule has 0 fully saturated rings. The summed E-state index contributed by atoms with van der Waals surface area (Å²) < 4.78 is 9.85. The standard InChI is InChI=1S/C12H18N2O5/c1-7-5-8(14-19-7)6-9(10(15)16)13-11(17)18-12(2,3)4/h5,9H,6H2,1-4H3,(H,13,17)(H,15,16). The molecule has 0 aromatic carbocycles. The van der Waals surface area contributed by atoms with Gasteiger partial charge in [-0.1, -0.05) is 5.16 Å². The van der Waals surface area contributed by atoms with E-state index in [1.54, 1.807) is 33.8 Å². The minimum absolute atomic E-state index is 0.0336. The molecule has 7 heteroatoms. The molecule has 1 unspecified atom stereocenters. The number of nitrogens with one attached hydrogen (secondary N) is 1. The lowest BCUT2D eigenvalue weighted by molar-refractivity contribution is -0.139. The van der Waals surface area contributed by atoms with E-state index in [4.69, 9.17) is 14.4 Å². The summed E-state index contributed by atoms with van der Waals surface area (Å²) in [5, 5.41) is 15.0. The zero-order chi connectivity index (χ0) is 14.6. The largest absolute Gasteiger partial charge is 0.480 e. The highest BCUT2D eigenvalue weighted by Gasteiger charge is 2.25. The molecule has 2 N–H and O–H groups in total. The van der Waals surface area contributed by atoms with Gasteiger partial charge in [0.25, 0.3) is 0 Å². The maximum absolute atomic E-state index is 11.5. The average molecular weight is 270 g/mol. The smallest absolute Gasteiger partial charge is 0.408 e. The first-order chi connectivity index (χ1) is 8.67. The summed E-state index contributed by atoms with van der Waals surface area (Å²) in [7, 11) is 0. The summed E-state index contributed by atoms with van der Waals surface area (Å²) in [4.78, 5) is 22.6. The van der Waals surface area contributed by atoms with Crippen molar-refractivity contribution in [3.8, 4) is 0 Å². The molecule has 1 heterocycles. The normalized spacial score (nSPS) is 12.8. The van der Waals surface area contributed by atoms with Crippen molar-refractivity contribution in [2.75, 3.05) is 0 Å². The molecule has 0 bridgehead atoms. The number of carboxylic acids is 1. The maximum atomic E-state index is 11.5. The fourth-order valence-electron chi connectivity index (χ4n) is 1.37. The van der Waals surface area contributed by atoms with E-state index in [1.165, 1.54) is 0 Å². The number of aliphatic carboxylic acids is 1. The van der Waals surface area contributed by atoms with E-state index < -0.39 is 23.7 Å². The number of nitrogens with zero attached hydrogens (tertiary/aromatic N) is 1. The Hall–Kier alpha value is -2.05. The van der Waals surface area contributed by atoms with Crippen LogP contribution in [0.3, 0.4) is 0 Å². The van der Waals surface area contributed by atoms with Gasteiger partial charge in [0.05, 0.1) is 5.69 Å². The van der Waals surface area contributed by atoms with Crippen LogP contribution >= 0.6 is 0 Å². The predicted octanol–water partition coefficient (Wildman–Crippen LogP) is 1.50. The van der Waals surface area contributed by atoms with Crippen molar-refractivity contribution in [3.63, 3.8) is 0 Å². The number of aromatic nitrogens is 1. The lowest BCUT2D eigenvalue weighted by Crippen LogP contribution is -2.44. The average Bonchev–Trinajstić information content (AvgIpc) is 2.60. The van der Waals surface area contributed by atoms with Gasteiger partial charge in [0, 0.05) is 12.5 Å². The third kappa shape index (κ3) is 5.41. The van der Waals surface area contributed by atoms with Crippen molar-refractivity contribution in [2.24, 2.45) is 0 Å². The van der Waals surface area contributed by atoms with Gasteiger partial charge in [-0.05, 0) is 27.7 Å². The van der Waals surface area contributed by atoms with Gasteiger partial charge in [0.2, 0.25) is 0 Å². The monoisotopic (exact) mass is 270 g/mol. The van der Waals surface area contributed by atoms with Crippen LogP contribution in [-0.4, -0.2) is 34.0 Å². The molecule has 1 aromatic rings. The topological polar surface area (TPSA) is 102 Å². The Balaban J connectivity index is 2.63. The Kier molecular flexibility index (Phi) is 4.52. The number of hydrogen-bond acceptors (Lipinski definition) is 5. The molecule has 1 rings (SSSR count). The minimum Gasteiger partial charge on any atom is -0.480 e. The summed E-state index contributed by atoms with van der Waals surface area (Å²) >= 11 is 0. The Morgan fingerprint density at radius 3 is 2.58 bits per heavy atom. The zero-order valence-corrected chi connectivity index (χ0v) is 11.4. The summed E-state index contributed by atoms with van der Waals surface area (Å²) in [6.07, 6.45) is -0.744. The number of carbonyl (C=O) groups is 2. The van der Waals surface area contributed by atoms with Gasteiger partial charge in [0.15, 0.2) is 0 Å². The van der Waals surface area contributed by atoms with E-state index in [0.29, 0.717) is 11.5 Å². The van der Waals surface area contributed by atoms with E-state index >= 15 is 0 Å². The lowest BCUT2D eigenvalue weighted by Gasteiger charge is -2.21. The number of rotatable bonds is 4. The van der Waals surface area contributed by atoms with Crippen LogP contribution < -0.4 is 5.32 Å².